The van der Waals surface area contributed by atoms with Crippen LogP contribution in [-0.4, -0.2) is 16.3 Å². The molecule has 2 aromatic heterocycles. The minimum absolute atomic E-state index is 0.263. The molecule has 0 amide bonds. The number of benzene rings is 1. The zero-order valence-electron chi connectivity index (χ0n) is 11.2. The highest BCUT2D eigenvalue weighted by Gasteiger charge is 2.10. The van der Waals surface area contributed by atoms with Crippen LogP contribution in [-0.2, 0) is 6.61 Å². The van der Waals surface area contributed by atoms with E-state index in [0.717, 1.165) is 15.6 Å². The van der Waals surface area contributed by atoms with Crippen LogP contribution in [0.4, 0.5) is 0 Å². The van der Waals surface area contributed by atoms with Gasteiger partial charge in [0.1, 0.15) is 23.6 Å². The smallest absolute Gasteiger partial charge is 0.192 e. The van der Waals surface area contributed by atoms with E-state index in [4.69, 9.17) is 9.15 Å². The van der Waals surface area contributed by atoms with Crippen molar-refractivity contribution in [3.63, 3.8) is 0 Å². The van der Waals surface area contributed by atoms with Crippen molar-refractivity contribution in [3.05, 3.63) is 52.1 Å². The second-order valence-corrected chi connectivity index (χ2v) is 5.36. The van der Waals surface area contributed by atoms with Gasteiger partial charge in [-0.05, 0) is 28.1 Å². The minimum Gasteiger partial charge on any atom is -0.486 e. The van der Waals surface area contributed by atoms with E-state index < -0.39 is 0 Å². The Morgan fingerprint density at radius 2 is 2.29 bits per heavy atom. The van der Waals surface area contributed by atoms with Gasteiger partial charge in [-0.3, -0.25) is 4.79 Å². The van der Waals surface area contributed by atoms with Crippen molar-refractivity contribution in [2.24, 2.45) is 0 Å². The Balaban J connectivity index is 1.90. The number of para-hydroxylation sites is 1. The van der Waals surface area contributed by atoms with Gasteiger partial charge in [-0.1, -0.05) is 12.1 Å². The van der Waals surface area contributed by atoms with E-state index in [2.05, 4.69) is 25.9 Å². The number of ether oxygens (including phenoxy) is 1. The Morgan fingerprint density at radius 3 is 3.10 bits per heavy atom. The normalized spacial score (nSPS) is 10.8. The number of aromatic nitrogens is 2. The molecule has 3 rings (SSSR count). The van der Waals surface area contributed by atoms with Crippen LogP contribution in [0.5, 0.6) is 5.75 Å². The molecule has 0 bridgehead atoms. The number of fused-ring (bicyclic) bond motifs is 1. The molecule has 6 heteroatoms. The average Bonchev–Trinajstić information content (AvgIpc) is 2.86. The summed E-state index contributed by atoms with van der Waals surface area (Å²) < 4.78 is 12.0. The first kappa shape index (κ1) is 13.8. The number of pyridine rings is 1. The highest BCUT2D eigenvalue weighted by atomic mass is 79.9. The first-order valence-corrected chi connectivity index (χ1v) is 7.05. The number of aryl methyl sites for hydroxylation is 1. The van der Waals surface area contributed by atoms with Crippen molar-refractivity contribution < 1.29 is 13.9 Å². The summed E-state index contributed by atoms with van der Waals surface area (Å²) in [6, 6.07) is 7.39. The van der Waals surface area contributed by atoms with Gasteiger partial charge in [0.2, 0.25) is 0 Å². The van der Waals surface area contributed by atoms with E-state index in [9.17, 15) is 4.79 Å². The van der Waals surface area contributed by atoms with Crippen LogP contribution in [0.2, 0.25) is 0 Å². The standard InChI is InChI=1S/C15H11BrN2O3/c1-9-18-12-4-2-3-10(15(12)21-9)8-20-14-5-11(16)6-17-13(14)7-19/h2-7H,8H2,1H3. The third-order valence-corrected chi connectivity index (χ3v) is 3.38. The summed E-state index contributed by atoms with van der Waals surface area (Å²) in [7, 11) is 0. The molecule has 106 valence electrons. The number of nitrogens with zero attached hydrogens (tertiary/aromatic N) is 2. The van der Waals surface area contributed by atoms with Gasteiger partial charge in [0.15, 0.2) is 17.8 Å². The molecule has 1 aromatic carbocycles. The van der Waals surface area contributed by atoms with E-state index >= 15 is 0 Å². The van der Waals surface area contributed by atoms with Crippen molar-refractivity contribution in [1.29, 1.82) is 0 Å². The SMILES string of the molecule is Cc1nc2cccc(COc3cc(Br)cnc3C=O)c2o1. The molecule has 0 unspecified atom stereocenters. The van der Waals surface area contributed by atoms with Crippen molar-refractivity contribution >= 4 is 33.3 Å². The van der Waals surface area contributed by atoms with E-state index in [0.29, 0.717) is 23.5 Å². The predicted molar refractivity (Wildman–Crippen MR) is 80.4 cm³/mol. The third kappa shape index (κ3) is 2.80. The maximum absolute atomic E-state index is 11.0. The van der Waals surface area contributed by atoms with Gasteiger partial charge in [-0.25, -0.2) is 9.97 Å². The summed E-state index contributed by atoms with van der Waals surface area (Å²) in [6.45, 7) is 2.07. The summed E-state index contributed by atoms with van der Waals surface area (Å²) >= 11 is 3.31. The Kier molecular flexibility index (Phi) is 3.70. The van der Waals surface area contributed by atoms with Crippen LogP contribution < -0.4 is 4.74 Å². The molecule has 2 heterocycles. The predicted octanol–water partition coefficient (Wildman–Crippen LogP) is 3.69. The van der Waals surface area contributed by atoms with Crippen LogP contribution in [0.3, 0.4) is 0 Å². The molecule has 0 N–H and O–H groups in total. The lowest BCUT2D eigenvalue weighted by Gasteiger charge is -2.08. The molecule has 0 radical (unpaired) electrons. The number of carbonyl (C=O) groups is 1. The molecule has 3 aromatic rings. The van der Waals surface area contributed by atoms with Gasteiger partial charge in [0.05, 0.1) is 0 Å². The molecule has 0 aliphatic carbocycles. The molecule has 0 spiro atoms. The fourth-order valence-corrected chi connectivity index (χ4v) is 2.33. The number of halogens is 1. The summed E-state index contributed by atoms with van der Waals surface area (Å²) in [5.41, 5.74) is 2.62. The Morgan fingerprint density at radius 1 is 1.43 bits per heavy atom. The highest BCUT2D eigenvalue weighted by Crippen LogP contribution is 2.24. The van der Waals surface area contributed by atoms with Gasteiger partial charge in [0, 0.05) is 23.2 Å². The number of rotatable bonds is 4. The van der Waals surface area contributed by atoms with Crippen LogP contribution >= 0.6 is 15.9 Å². The van der Waals surface area contributed by atoms with E-state index in [-0.39, 0.29) is 12.3 Å². The van der Waals surface area contributed by atoms with Gasteiger partial charge in [0.25, 0.3) is 0 Å². The van der Waals surface area contributed by atoms with E-state index in [1.165, 1.54) is 0 Å². The maximum atomic E-state index is 11.0. The van der Waals surface area contributed by atoms with Crippen LogP contribution in [0, 0.1) is 6.92 Å². The van der Waals surface area contributed by atoms with Crippen molar-refractivity contribution in [3.8, 4) is 5.75 Å². The van der Waals surface area contributed by atoms with E-state index in [1.54, 1.807) is 19.2 Å². The summed E-state index contributed by atoms with van der Waals surface area (Å²) in [5, 5.41) is 0. The third-order valence-electron chi connectivity index (χ3n) is 2.95. The number of hydrogen-bond acceptors (Lipinski definition) is 5. The first-order chi connectivity index (χ1) is 10.2. The topological polar surface area (TPSA) is 65.2 Å². The van der Waals surface area contributed by atoms with Crippen LogP contribution in [0.15, 0.2) is 39.4 Å². The van der Waals surface area contributed by atoms with E-state index in [1.807, 2.05) is 18.2 Å². The largest absolute Gasteiger partial charge is 0.486 e. The monoisotopic (exact) mass is 346 g/mol. The Bertz CT molecular complexity index is 814. The molecule has 21 heavy (non-hydrogen) atoms. The lowest BCUT2D eigenvalue weighted by Crippen LogP contribution is -2.00. The zero-order valence-corrected chi connectivity index (χ0v) is 12.8. The average molecular weight is 347 g/mol. The quantitative estimate of drug-likeness (QED) is 0.674. The molecule has 0 fully saturated rings. The summed E-state index contributed by atoms with van der Waals surface area (Å²) in [6.07, 6.45) is 2.22. The molecule has 0 aliphatic heterocycles. The fourth-order valence-electron chi connectivity index (χ4n) is 2.02. The van der Waals surface area contributed by atoms with Crippen molar-refractivity contribution in [1.82, 2.24) is 9.97 Å². The summed E-state index contributed by atoms with van der Waals surface area (Å²) in [4.78, 5) is 19.3. The van der Waals surface area contributed by atoms with Crippen LogP contribution in [0.25, 0.3) is 11.1 Å². The minimum atomic E-state index is 0.263. The molecular weight excluding hydrogens is 336 g/mol. The zero-order chi connectivity index (χ0) is 14.8. The number of aldehydes is 1. The number of oxazole rings is 1. The molecule has 5 nitrogen and oxygen atoms in total. The maximum Gasteiger partial charge on any atom is 0.192 e. The van der Waals surface area contributed by atoms with Crippen molar-refractivity contribution in [2.45, 2.75) is 13.5 Å². The molecular formula is C15H11BrN2O3. The molecule has 0 atom stereocenters. The molecule has 0 saturated heterocycles. The second kappa shape index (κ2) is 5.65. The summed E-state index contributed by atoms with van der Waals surface area (Å²) in [5.74, 6) is 1.03. The Labute approximate surface area is 129 Å². The van der Waals surface area contributed by atoms with Crippen molar-refractivity contribution in [2.75, 3.05) is 0 Å². The fraction of sp³-hybridized carbons (Fsp3) is 0.133. The lowest BCUT2D eigenvalue weighted by molar-refractivity contribution is 0.111. The van der Waals surface area contributed by atoms with Gasteiger partial charge in [-0.15, -0.1) is 0 Å². The molecule has 0 saturated carbocycles. The highest BCUT2D eigenvalue weighted by molar-refractivity contribution is 9.10. The first-order valence-electron chi connectivity index (χ1n) is 6.26. The van der Waals surface area contributed by atoms with Gasteiger partial charge in [-0.2, -0.15) is 0 Å². The Hall–Kier alpha value is -2.21. The van der Waals surface area contributed by atoms with Gasteiger partial charge < -0.3 is 9.15 Å². The molecule has 0 aliphatic rings. The number of carbonyl (C=O) groups excluding carboxylic acids is 1. The second-order valence-electron chi connectivity index (χ2n) is 4.44. The van der Waals surface area contributed by atoms with Crippen LogP contribution in [0.1, 0.15) is 21.9 Å². The van der Waals surface area contributed by atoms with Gasteiger partial charge >= 0.3 is 0 Å². The lowest BCUT2D eigenvalue weighted by atomic mass is 10.2. The number of hydrogen-bond donors (Lipinski definition) is 0.